The van der Waals surface area contributed by atoms with Gasteiger partial charge in [-0.3, -0.25) is 9.78 Å². The van der Waals surface area contributed by atoms with Gasteiger partial charge in [-0.25, -0.2) is 0 Å². The molecule has 0 bridgehead atoms. The summed E-state index contributed by atoms with van der Waals surface area (Å²) in [5, 5.41) is 3.79. The van der Waals surface area contributed by atoms with Crippen LogP contribution in [-0.2, 0) is 14.9 Å². The van der Waals surface area contributed by atoms with Gasteiger partial charge in [0.05, 0.1) is 16.5 Å². The van der Waals surface area contributed by atoms with E-state index in [1.165, 1.54) is 5.56 Å². The molecular formula is C27H27ClN2O2. The molecular weight excluding hydrogens is 420 g/mol. The van der Waals surface area contributed by atoms with Gasteiger partial charge in [0.2, 0.25) is 5.91 Å². The standard InChI is InChI=1S/C27H27ClN2O2/c1-18-8-11-24(32-2)27(17-26(18,27)20-12-14-29-15-13-20)25(31)30-21-9-10-22(23(28)16-21)19-6-4-3-5-7-19/h3-7,9-10,12-16,18,24H,8,11,17H2,1-2H3,(H,30,31)/t18-,24+,26-,27+/m0/s1. The molecule has 3 aromatic rings. The molecule has 2 saturated carbocycles. The number of carbonyl (C=O) groups is 1. The number of hydrogen-bond donors (Lipinski definition) is 1. The molecule has 1 N–H and O–H groups in total. The third-order valence-corrected chi connectivity index (χ3v) is 7.99. The zero-order chi connectivity index (χ0) is 22.3. The molecule has 2 aliphatic carbocycles. The summed E-state index contributed by atoms with van der Waals surface area (Å²) in [5.41, 5.74) is 3.06. The van der Waals surface area contributed by atoms with Crippen LogP contribution in [0.25, 0.3) is 11.1 Å². The average Bonchev–Trinajstić information content (AvgIpc) is 3.55. The SMILES string of the molecule is CO[C@@H]1CC[C@H](C)[C@]2(c3ccncc3)C[C@]12C(=O)Nc1ccc(-c2ccccc2)c(Cl)c1. The lowest BCUT2D eigenvalue weighted by molar-refractivity contribution is -0.130. The molecule has 164 valence electrons. The van der Waals surface area contributed by atoms with Crippen LogP contribution in [0.4, 0.5) is 5.69 Å². The number of halogens is 1. The van der Waals surface area contributed by atoms with Gasteiger partial charge < -0.3 is 10.1 Å². The van der Waals surface area contributed by atoms with Crippen LogP contribution in [0.1, 0.15) is 31.7 Å². The molecule has 5 rings (SSSR count). The number of fused-ring (bicyclic) bond motifs is 1. The number of amides is 1. The average molecular weight is 447 g/mol. The van der Waals surface area contributed by atoms with E-state index in [9.17, 15) is 4.79 Å². The van der Waals surface area contributed by atoms with Crippen molar-refractivity contribution in [3.63, 3.8) is 0 Å². The lowest BCUT2D eigenvalue weighted by Gasteiger charge is -2.40. The van der Waals surface area contributed by atoms with Crippen LogP contribution < -0.4 is 5.32 Å². The van der Waals surface area contributed by atoms with Crippen molar-refractivity contribution < 1.29 is 9.53 Å². The molecule has 1 amide bonds. The molecule has 2 aliphatic rings. The molecule has 1 heterocycles. The van der Waals surface area contributed by atoms with Gasteiger partial charge in [-0.2, -0.15) is 0 Å². The van der Waals surface area contributed by atoms with Crippen LogP contribution in [0.15, 0.2) is 73.1 Å². The molecule has 2 fully saturated rings. The first kappa shape index (κ1) is 21.2. The van der Waals surface area contributed by atoms with Crippen molar-refractivity contribution in [1.82, 2.24) is 4.98 Å². The highest BCUT2D eigenvalue weighted by molar-refractivity contribution is 6.33. The van der Waals surface area contributed by atoms with Gasteiger partial charge in [-0.1, -0.05) is 54.9 Å². The molecule has 0 saturated heterocycles. The Balaban J connectivity index is 1.47. The third kappa shape index (κ3) is 3.08. The Morgan fingerprint density at radius 3 is 2.53 bits per heavy atom. The molecule has 0 radical (unpaired) electrons. The number of nitrogens with one attached hydrogen (secondary N) is 1. The number of benzene rings is 2. The summed E-state index contributed by atoms with van der Waals surface area (Å²) in [5.74, 6) is 0.391. The topological polar surface area (TPSA) is 51.2 Å². The summed E-state index contributed by atoms with van der Waals surface area (Å²) in [4.78, 5) is 18.0. The number of pyridine rings is 1. The van der Waals surface area contributed by atoms with Crippen LogP contribution in [-0.4, -0.2) is 24.1 Å². The van der Waals surface area contributed by atoms with E-state index in [1.54, 1.807) is 7.11 Å². The van der Waals surface area contributed by atoms with Crippen molar-refractivity contribution in [3.05, 3.63) is 83.6 Å². The third-order valence-electron chi connectivity index (χ3n) is 7.68. The fourth-order valence-electron chi connectivity index (χ4n) is 6.03. The fourth-order valence-corrected chi connectivity index (χ4v) is 6.32. The molecule has 2 aromatic carbocycles. The zero-order valence-electron chi connectivity index (χ0n) is 18.3. The number of aromatic nitrogens is 1. The number of carbonyl (C=O) groups excluding carboxylic acids is 1. The van der Waals surface area contributed by atoms with E-state index < -0.39 is 5.41 Å². The molecule has 0 spiro atoms. The van der Waals surface area contributed by atoms with Crippen LogP contribution >= 0.6 is 11.6 Å². The minimum atomic E-state index is -0.592. The van der Waals surface area contributed by atoms with Crippen molar-refractivity contribution in [2.45, 2.75) is 37.7 Å². The minimum Gasteiger partial charge on any atom is -0.380 e. The molecule has 0 aliphatic heterocycles. The lowest BCUT2D eigenvalue weighted by atomic mass is 9.67. The van der Waals surface area contributed by atoms with Crippen LogP contribution in [0, 0.1) is 11.3 Å². The van der Waals surface area contributed by atoms with E-state index in [1.807, 2.05) is 60.9 Å². The molecule has 5 heteroatoms. The Morgan fingerprint density at radius 2 is 1.84 bits per heavy atom. The summed E-state index contributed by atoms with van der Waals surface area (Å²) in [6, 6.07) is 19.8. The highest BCUT2D eigenvalue weighted by atomic mass is 35.5. The minimum absolute atomic E-state index is 0.0104. The highest BCUT2D eigenvalue weighted by Crippen LogP contribution is 2.74. The van der Waals surface area contributed by atoms with Crippen molar-refractivity contribution >= 4 is 23.2 Å². The number of methoxy groups -OCH3 is 1. The predicted octanol–water partition coefficient (Wildman–Crippen LogP) is 6.11. The maximum Gasteiger partial charge on any atom is 0.234 e. The first-order chi connectivity index (χ1) is 15.5. The fraction of sp³-hybridized carbons (Fsp3) is 0.333. The van der Waals surface area contributed by atoms with Gasteiger partial charge in [-0.05, 0) is 60.6 Å². The van der Waals surface area contributed by atoms with Gasteiger partial charge in [0.25, 0.3) is 0 Å². The summed E-state index contributed by atoms with van der Waals surface area (Å²) in [6.07, 6.45) is 6.21. The van der Waals surface area contributed by atoms with E-state index in [2.05, 4.69) is 29.4 Å². The number of rotatable bonds is 5. The van der Waals surface area contributed by atoms with Gasteiger partial charge in [0.15, 0.2) is 0 Å². The Hall–Kier alpha value is -2.69. The van der Waals surface area contributed by atoms with E-state index >= 15 is 0 Å². The maximum atomic E-state index is 13.8. The number of nitrogens with zero attached hydrogens (tertiary/aromatic N) is 1. The van der Waals surface area contributed by atoms with Crippen LogP contribution in [0.5, 0.6) is 0 Å². The lowest BCUT2D eigenvalue weighted by Crippen LogP contribution is -2.47. The Kier molecular flexibility index (Phi) is 5.31. The van der Waals surface area contributed by atoms with Crippen molar-refractivity contribution in [1.29, 1.82) is 0 Å². The normalized spacial score (nSPS) is 28.6. The number of ether oxygens (including phenoxy) is 1. The maximum absolute atomic E-state index is 13.8. The summed E-state index contributed by atoms with van der Waals surface area (Å²) in [6.45, 7) is 2.26. The Labute approximate surface area is 194 Å². The summed E-state index contributed by atoms with van der Waals surface area (Å²) >= 11 is 6.60. The Morgan fingerprint density at radius 1 is 1.09 bits per heavy atom. The van der Waals surface area contributed by atoms with Crippen LogP contribution in [0.3, 0.4) is 0 Å². The van der Waals surface area contributed by atoms with Gasteiger partial charge in [-0.15, -0.1) is 0 Å². The second-order valence-corrected chi connectivity index (χ2v) is 9.48. The largest absolute Gasteiger partial charge is 0.380 e. The molecule has 1 aromatic heterocycles. The summed E-state index contributed by atoms with van der Waals surface area (Å²) < 4.78 is 5.90. The highest BCUT2D eigenvalue weighted by Gasteiger charge is 2.78. The smallest absolute Gasteiger partial charge is 0.234 e. The van der Waals surface area contributed by atoms with Crippen LogP contribution in [0.2, 0.25) is 5.02 Å². The number of hydrogen-bond acceptors (Lipinski definition) is 3. The van der Waals surface area contributed by atoms with E-state index in [0.717, 1.165) is 30.4 Å². The number of anilines is 1. The molecule has 32 heavy (non-hydrogen) atoms. The van der Waals surface area contributed by atoms with E-state index in [4.69, 9.17) is 16.3 Å². The first-order valence-electron chi connectivity index (χ1n) is 11.1. The van der Waals surface area contributed by atoms with Gasteiger partial charge in [0.1, 0.15) is 0 Å². The second kappa shape index (κ2) is 8.02. The molecule has 4 nitrogen and oxygen atoms in total. The second-order valence-electron chi connectivity index (χ2n) is 9.07. The Bertz CT molecular complexity index is 1140. The first-order valence-corrected chi connectivity index (χ1v) is 11.5. The van der Waals surface area contributed by atoms with Crippen molar-refractivity contribution in [3.8, 4) is 11.1 Å². The monoisotopic (exact) mass is 446 g/mol. The van der Waals surface area contributed by atoms with Gasteiger partial charge in [0, 0.05) is 36.2 Å². The quantitative estimate of drug-likeness (QED) is 0.514. The van der Waals surface area contributed by atoms with Crippen molar-refractivity contribution in [2.75, 3.05) is 12.4 Å². The molecule has 0 unspecified atom stereocenters. The predicted molar refractivity (Wildman–Crippen MR) is 128 cm³/mol. The zero-order valence-corrected chi connectivity index (χ0v) is 19.1. The summed E-state index contributed by atoms with van der Waals surface area (Å²) in [7, 11) is 1.72. The van der Waals surface area contributed by atoms with E-state index in [-0.39, 0.29) is 17.4 Å². The molecule has 4 atom stereocenters. The van der Waals surface area contributed by atoms with Gasteiger partial charge >= 0.3 is 0 Å². The van der Waals surface area contributed by atoms with E-state index in [0.29, 0.717) is 16.6 Å². The van der Waals surface area contributed by atoms with Crippen molar-refractivity contribution in [2.24, 2.45) is 11.3 Å².